The number of hydrogen-bond donors (Lipinski definition) is 8. The van der Waals surface area contributed by atoms with Crippen LogP contribution >= 0.6 is 0 Å². The Balaban J connectivity index is 2.82. The van der Waals surface area contributed by atoms with Crippen molar-refractivity contribution in [1.82, 2.24) is 16.0 Å². The molecule has 0 spiro atoms. The van der Waals surface area contributed by atoms with Gasteiger partial charge in [-0.2, -0.15) is 0 Å². The molecule has 1 rings (SSSR count). The van der Waals surface area contributed by atoms with Crippen LogP contribution in [0, 0.1) is 5.92 Å². The topological polar surface area (TPSA) is 171 Å². The predicted molar refractivity (Wildman–Crippen MR) is 87.7 cm³/mol. The van der Waals surface area contributed by atoms with Crippen molar-refractivity contribution >= 4 is 12.3 Å². The zero-order chi connectivity index (χ0) is 19.0. The van der Waals surface area contributed by atoms with Crippen molar-refractivity contribution in [3.8, 4) is 0 Å². The molecule has 1 aliphatic rings. The minimum Gasteiger partial charge on any atom is -0.481 e. The molecule has 0 aromatic heterocycles. The quantitative estimate of drug-likeness (QED) is 0.137. The second-order valence-electron chi connectivity index (χ2n) is 6.31. The SMILES string of the molecule is C[C@H]1[C@@H](NCC=O)[C@@H](O)[C@@H](NCCC(=O)O)[C@@H](O)[C@H]1NCCC(O)O. The molecule has 0 heterocycles. The van der Waals surface area contributed by atoms with Gasteiger partial charge in [0.05, 0.1) is 31.2 Å². The first-order chi connectivity index (χ1) is 11.8. The molecule has 0 saturated heterocycles. The first-order valence-electron chi connectivity index (χ1n) is 8.37. The van der Waals surface area contributed by atoms with Gasteiger partial charge in [0.25, 0.3) is 0 Å². The third kappa shape index (κ3) is 6.59. The van der Waals surface area contributed by atoms with Gasteiger partial charge in [-0.3, -0.25) is 4.79 Å². The van der Waals surface area contributed by atoms with Crippen molar-refractivity contribution in [2.24, 2.45) is 5.92 Å². The van der Waals surface area contributed by atoms with E-state index in [0.717, 1.165) is 0 Å². The number of nitrogens with one attached hydrogen (secondary N) is 3. The highest BCUT2D eigenvalue weighted by atomic mass is 16.5. The van der Waals surface area contributed by atoms with Gasteiger partial charge in [0.2, 0.25) is 0 Å². The van der Waals surface area contributed by atoms with Crippen LogP contribution in [-0.4, -0.2) is 94.0 Å². The molecule has 10 nitrogen and oxygen atoms in total. The second kappa shape index (κ2) is 10.8. The lowest BCUT2D eigenvalue weighted by Gasteiger charge is -2.48. The smallest absolute Gasteiger partial charge is 0.304 e. The van der Waals surface area contributed by atoms with Gasteiger partial charge in [0.1, 0.15) is 6.29 Å². The van der Waals surface area contributed by atoms with Crippen LogP contribution in [0.3, 0.4) is 0 Å². The van der Waals surface area contributed by atoms with Crippen LogP contribution in [0.25, 0.3) is 0 Å². The van der Waals surface area contributed by atoms with E-state index in [9.17, 15) is 19.8 Å². The van der Waals surface area contributed by atoms with Crippen molar-refractivity contribution in [3.05, 3.63) is 0 Å². The Morgan fingerprint density at radius 3 is 2.12 bits per heavy atom. The van der Waals surface area contributed by atoms with Gasteiger partial charge in [-0.25, -0.2) is 0 Å². The molecule has 6 atom stereocenters. The Bertz CT molecular complexity index is 424. The largest absolute Gasteiger partial charge is 0.481 e. The van der Waals surface area contributed by atoms with Gasteiger partial charge in [-0.1, -0.05) is 6.92 Å². The summed E-state index contributed by atoms with van der Waals surface area (Å²) in [5.74, 6) is -1.26. The monoisotopic (exact) mass is 363 g/mol. The minimum atomic E-state index is -1.47. The normalized spacial score (nSPS) is 32.7. The molecule has 0 aromatic carbocycles. The number of carboxylic acids is 1. The van der Waals surface area contributed by atoms with Gasteiger partial charge in [0, 0.05) is 31.6 Å². The molecule has 146 valence electrons. The molecule has 0 bridgehead atoms. The number of aliphatic hydroxyl groups is 4. The minimum absolute atomic E-state index is 0.0338. The van der Waals surface area contributed by atoms with E-state index in [1.165, 1.54) is 0 Å². The van der Waals surface area contributed by atoms with Crippen LogP contribution in [0.2, 0.25) is 0 Å². The molecule has 1 fully saturated rings. The number of hydrogen-bond acceptors (Lipinski definition) is 9. The van der Waals surface area contributed by atoms with Crippen molar-refractivity contribution in [2.75, 3.05) is 19.6 Å². The van der Waals surface area contributed by atoms with Crippen LogP contribution in [0.4, 0.5) is 0 Å². The Morgan fingerprint density at radius 1 is 1.04 bits per heavy atom. The summed E-state index contributed by atoms with van der Waals surface area (Å²) in [4.78, 5) is 21.3. The molecule has 0 unspecified atom stereocenters. The summed E-state index contributed by atoms with van der Waals surface area (Å²) in [6.07, 6.45) is -2.94. The number of carbonyl (C=O) groups excluding carboxylic acids is 1. The predicted octanol–water partition coefficient (Wildman–Crippen LogP) is -3.39. The Hall–Kier alpha value is -1.14. The average molecular weight is 363 g/mol. The number of carboxylic acid groups (broad SMARTS) is 1. The summed E-state index contributed by atoms with van der Waals surface area (Å²) in [5.41, 5.74) is 0. The fourth-order valence-electron chi connectivity index (χ4n) is 3.26. The molecule has 0 aromatic rings. The summed E-state index contributed by atoms with van der Waals surface area (Å²) in [5, 5.41) is 56.6. The Labute approximate surface area is 146 Å². The molecule has 0 aliphatic heterocycles. The molecular weight excluding hydrogens is 334 g/mol. The van der Waals surface area contributed by atoms with E-state index < -0.39 is 42.6 Å². The fraction of sp³-hybridized carbons (Fsp3) is 0.867. The van der Waals surface area contributed by atoms with Crippen LogP contribution in [-0.2, 0) is 9.59 Å². The van der Waals surface area contributed by atoms with Crippen molar-refractivity contribution in [1.29, 1.82) is 0 Å². The average Bonchev–Trinajstić information content (AvgIpc) is 2.53. The van der Waals surface area contributed by atoms with Gasteiger partial charge in [0.15, 0.2) is 6.29 Å². The third-order valence-electron chi connectivity index (χ3n) is 4.54. The van der Waals surface area contributed by atoms with Crippen molar-refractivity contribution in [2.45, 2.75) is 56.4 Å². The molecule has 0 amide bonds. The van der Waals surface area contributed by atoms with E-state index >= 15 is 0 Å². The van der Waals surface area contributed by atoms with E-state index in [2.05, 4.69) is 16.0 Å². The Kier molecular flexibility index (Phi) is 9.43. The van der Waals surface area contributed by atoms with Gasteiger partial charge in [-0.05, 0) is 5.92 Å². The highest BCUT2D eigenvalue weighted by Crippen LogP contribution is 2.26. The highest BCUT2D eigenvalue weighted by molar-refractivity contribution is 5.66. The molecule has 10 heteroatoms. The van der Waals surface area contributed by atoms with Crippen molar-refractivity contribution in [3.63, 3.8) is 0 Å². The summed E-state index contributed by atoms with van der Waals surface area (Å²) in [6.45, 7) is 2.15. The summed E-state index contributed by atoms with van der Waals surface area (Å²) >= 11 is 0. The van der Waals surface area contributed by atoms with E-state index in [1.807, 2.05) is 0 Å². The number of carbonyl (C=O) groups is 2. The lowest BCUT2D eigenvalue weighted by molar-refractivity contribution is -0.137. The first-order valence-corrected chi connectivity index (χ1v) is 8.37. The maximum Gasteiger partial charge on any atom is 0.304 e. The van der Waals surface area contributed by atoms with Gasteiger partial charge in [-0.15, -0.1) is 0 Å². The van der Waals surface area contributed by atoms with Gasteiger partial charge < -0.3 is 46.3 Å². The van der Waals surface area contributed by atoms with Crippen molar-refractivity contribution < 1.29 is 35.1 Å². The molecule has 0 radical (unpaired) electrons. The first kappa shape index (κ1) is 21.9. The summed E-state index contributed by atoms with van der Waals surface area (Å²) in [7, 11) is 0. The maximum absolute atomic E-state index is 10.7. The zero-order valence-corrected chi connectivity index (χ0v) is 14.2. The van der Waals surface area contributed by atoms with E-state index in [1.54, 1.807) is 6.92 Å². The molecule has 25 heavy (non-hydrogen) atoms. The van der Waals surface area contributed by atoms with Crippen LogP contribution < -0.4 is 16.0 Å². The van der Waals surface area contributed by atoms with E-state index in [4.69, 9.17) is 15.3 Å². The number of aliphatic hydroxyl groups excluding tert-OH is 3. The molecule has 8 N–H and O–H groups in total. The Morgan fingerprint density at radius 2 is 1.60 bits per heavy atom. The van der Waals surface area contributed by atoms with Gasteiger partial charge >= 0.3 is 5.97 Å². The highest BCUT2D eigenvalue weighted by Gasteiger charge is 2.47. The fourth-order valence-corrected chi connectivity index (χ4v) is 3.26. The van der Waals surface area contributed by atoms with Crippen LogP contribution in [0.5, 0.6) is 0 Å². The summed E-state index contributed by atoms with van der Waals surface area (Å²) in [6, 6.07) is -1.79. The number of aliphatic carboxylic acids is 1. The lowest BCUT2D eigenvalue weighted by atomic mass is 9.74. The van der Waals surface area contributed by atoms with Crippen LogP contribution in [0.1, 0.15) is 19.8 Å². The maximum atomic E-state index is 10.7. The zero-order valence-electron chi connectivity index (χ0n) is 14.2. The molecule has 1 aliphatic carbocycles. The standard InChI is InChI=1S/C15H29N3O7/c1-8-11(16-4-2-9(20)21)14(24)13(17-5-3-10(22)23)15(25)12(8)18-6-7-19/h7-9,11-18,20-21,24-25H,2-6H2,1H3,(H,22,23)/t8-,11+,12-,13+,14+,15-/m1/s1. The van der Waals surface area contributed by atoms with E-state index in [0.29, 0.717) is 6.29 Å². The number of rotatable bonds is 11. The molecule has 1 saturated carbocycles. The van der Waals surface area contributed by atoms with Crippen LogP contribution in [0.15, 0.2) is 0 Å². The summed E-state index contributed by atoms with van der Waals surface area (Å²) < 4.78 is 0. The molecular formula is C15H29N3O7. The number of aldehydes is 1. The third-order valence-corrected chi connectivity index (χ3v) is 4.54. The van der Waals surface area contributed by atoms with E-state index in [-0.39, 0.29) is 38.4 Å². The second-order valence-corrected chi connectivity index (χ2v) is 6.31. The lowest BCUT2D eigenvalue weighted by Crippen LogP contribution is -2.71.